The zero-order valence-electron chi connectivity index (χ0n) is 7.69. The summed E-state index contributed by atoms with van der Waals surface area (Å²) in [4.78, 5) is 2.57. The van der Waals surface area contributed by atoms with Crippen molar-refractivity contribution in [1.82, 2.24) is 0 Å². The average Bonchev–Trinajstić information content (AvgIpc) is 2.19. The molecule has 0 aliphatic rings. The zero-order chi connectivity index (χ0) is 11.3. The Hall–Kier alpha value is -1.71. The van der Waals surface area contributed by atoms with Crippen molar-refractivity contribution in [1.29, 1.82) is 0 Å². The maximum atomic E-state index is 12.9. The lowest BCUT2D eigenvalue weighted by molar-refractivity contribution is 0.628. The highest BCUT2D eigenvalue weighted by Gasteiger charge is 2.03. The van der Waals surface area contributed by atoms with Crippen molar-refractivity contribution in [2.24, 2.45) is 5.11 Å². The Morgan fingerprint density at radius 3 is 3.00 bits per heavy atom. The predicted octanol–water partition coefficient (Wildman–Crippen LogP) is 3.38. The molecule has 0 aromatic heterocycles. The first kappa shape index (κ1) is 11.4. The molecular formula is C9H8ClFN4. The van der Waals surface area contributed by atoms with Gasteiger partial charge in [0.15, 0.2) is 0 Å². The molecule has 0 atom stereocenters. The Balaban J connectivity index is 2.94. The van der Waals surface area contributed by atoms with Gasteiger partial charge >= 0.3 is 0 Å². The Bertz CT molecular complexity index is 438. The third-order valence-corrected chi connectivity index (χ3v) is 1.99. The van der Waals surface area contributed by atoms with Crippen molar-refractivity contribution in [2.45, 2.75) is 0 Å². The van der Waals surface area contributed by atoms with Gasteiger partial charge in [-0.2, -0.15) is 0 Å². The van der Waals surface area contributed by atoms with Gasteiger partial charge in [0.1, 0.15) is 5.82 Å². The summed E-state index contributed by atoms with van der Waals surface area (Å²) >= 11 is 5.68. The molecule has 6 heteroatoms. The second kappa shape index (κ2) is 5.24. The minimum absolute atomic E-state index is 0.165. The van der Waals surface area contributed by atoms with Crippen molar-refractivity contribution in [3.8, 4) is 0 Å². The molecule has 0 heterocycles. The zero-order valence-corrected chi connectivity index (χ0v) is 8.45. The number of nitrogens with zero attached hydrogens (tertiary/aromatic N) is 3. The highest BCUT2D eigenvalue weighted by atomic mass is 35.5. The van der Waals surface area contributed by atoms with Crippen LogP contribution < -0.4 is 5.73 Å². The summed E-state index contributed by atoms with van der Waals surface area (Å²) in [6, 6.07) is 2.40. The van der Waals surface area contributed by atoms with Crippen LogP contribution in [0.2, 0.25) is 5.02 Å². The molecule has 0 saturated carbocycles. The Morgan fingerprint density at radius 1 is 1.60 bits per heavy atom. The number of azide groups is 1. The molecule has 0 unspecified atom stereocenters. The molecule has 15 heavy (non-hydrogen) atoms. The van der Waals surface area contributed by atoms with Crippen LogP contribution in [0.4, 0.5) is 10.1 Å². The molecule has 78 valence electrons. The van der Waals surface area contributed by atoms with Crippen LogP contribution >= 0.6 is 11.6 Å². The van der Waals surface area contributed by atoms with E-state index in [0.717, 1.165) is 6.07 Å². The molecule has 0 radical (unpaired) electrons. The second-order valence-corrected chi connectivity index (χ2v) is 3.11. The molecule has 0 aliphatic carbocycles. The van der Waals surface area contributed by atoms with Crippen molar-refractivity contribution in [3.05, 3.63) is 45.1 Å². The Morgan fingerprint density at radius 2 is 2.33 bits per heavy atom. The highest BCUT2D eigenvalue weighted by molar-refractivity contribution is 6.33. The van der Waals surface area contributed by atoms with Crippen LogP contribution in [0.3, 0.4) is 0 Å². The Kier molecular flexibility index (Phi) is 3.97. The van der Waals surface area contributed by atoms with Crippen LogP contribution in [0, 0.1) is 5.82 Å². The van der Waals surface area contributed by atoms with Gasteiger partial charge in [0, 0.05) is 17.0 Å². The summed E-state index contributed by atoms with van der Waals surface area (Å²) < 4.78 is 12.9. The summed E-state index contributed by atoms with van der Waals surface area (Å²) in [5.41, 5.74) is 14.4. The fourth-order valence-corrected chi connectivity index (χ4v) is 1.22. The lowest BCUT2D eigenvalue weighted by atomic mass is 10.1. The second-order valence-electron chi connectivity index (χ2n) is 2.71. The fraction of sp³-hybridized carbons (Fsp3) is 0.111. The van der Waals surface area contributed by atoms with Crippen molar-refractivity contribution >= 4 is 23.4 Å². The molecule has 0 bridgehead atoms. The first-order valence-corrected chi connectivity index (χ1v) is 4.45. The van der Waals surface area contributed by atoms with E-state index in [1.165, 1.54) is 6.07 Å². The number of rotatable bonds is 3. The van der Waals surface area contributed by atoms with E-state index in [4.69, 9.17) is 22.9 Å². The van der Waals surface area contributed by atoms with E-state index >= 15 is 0 Å². The number of nitrogens with two attached hydrogens (primary N) is 1. The number of hydrogen-bond donors (Lipinski definition) is 1. The largest absolute Gasteiger partial charge is 0.397 e. The van der Waals surface area contributed by atoms with E-state index < -0.39 is 5.82 Å². The van der Waals surface area contributed by atoms with Gasteiger partial charge in [0.25, 0.3) is 0 Å². The molecule has 0 saturated heterocycles. The molecule has 0 aliphatic heterocycles. The first-order chi connectivity index (χ1) is 7.15. The molecular weight excluding hydrogens is 219 g/mol. The van der Waals surface area contributed by atoms with E-state index in [0.29, 0.717) is 11.3 Å². The van der Waals surface area contributed by atoms with Gasteiger partial charge in [0.2, 0.25) is 0 Å². The topological polar surface area (TPSA) is 74.8 Å². The molecule has 2 N–H and O–H groups in total. The van der Waals surface area contributed by atoms with E-state index in [1.54, 1.807) is 12.2 Å². The van der Waals surface area contributed by atoms with Crippen LogP contribution in [0.15, 0.2) is 23.3 Å². The van der Waals surface area contributed by atoms with E-state index in [-0.39, 0.29) is 11.6 Å². The number of hydrogen-bond acceptors (Lipinski definition) is 2. The molecule has 4 nitrogen and oxygen atoms in total. The quantitative estimate of drug-likeness (QED) is 0.365. The van der Waals surface area contributed by atoms with Crippen LogP contribution in [-0.2, 0) is 0 Å². The lowest BCUT2D eigenvalue weighted by Gasteiger charge is -2.02. The van der Waals surface area contributed by atoms with Gasteiger partial charge < -0.3 is 5.73 Å². The Labute approximate surface area is 90.8 Å². The van der Waals surface area contributed by atoms with Crippen LogP contribution in [0.1, 0.15) is 5.56 Å². The van der Waals surface area contributed by atoms with Gasteiger partial charge in [-0.05, 0) is 17.7 Å². The maximum absolute atomic E-state index is 12.9. The number of nitrogen functional groups attached to an aromatic ring is 1. The lowest BCUT2D eigenvalue weighted by Crippen LogP contribution is -1.92. The number of halogens is 2. The SMILES string of the molecule is [N-]=[N+]=NCC=Cc1cc(F)cc(Cl)c1N. The van der Waals surface area contributed by atoms with Crippen LogP contribution in [0.25, 0.3) is 16.5 Å². The third-order valence-electron chi connectivity index (χ3n) is 1.67. The fourth-order valence-electron chi connectivity index (χ4n) is 1.01. The van der Waals surface area contributed by atoms with E-state index in [2.05, 4.69) is 10.0 Å². The van der Waals surface area contributed by atoms with Gasteiger partial charge in [0.05, 0.1) is 10.7 Å². The van der Waals surface area contributed by atoms with E-state index in [1.807, 2.05) is 0 Å². The summed E-state index contributed by atoms with van der Waals surface area (Å²) in [6.45, 7) is 0.185. The van der Waals surface area contributed by atoms with Crippen LogP contribution in [-0.4, -0.2) is 6.54 Å². The molecule has 1 rings (SSSR count). The minimum atomic E-state index is -0.461. The molecule has 0 spiro atoms. The molecule has 1 aromatic carbocycles. The highest BCUT2D eigenvalue weighted by Crippen LogP contribution is 2.25. The van der Waals surface area contributed by atoms with Crippen molar-refractivity contribution in [2.75, 3.05) is 12.3 Å². The van der Waals surface area contributed by atoms with Gasteiger partial charge in [-0.1, -0.05) is 28.9 Å². The summed E-state index contributed by atoms with van der Waals surface area (Å²) in [5, 5.41) is 3.45. The summed E-state index contributed by atoms with van der Waals surface area (Å²) in [7, 11) is 0. The van der Waals surface area contributed by atoms with Crippen molar-refractivity contribution in [3.63, 3.8) is 0 Å². The van der Waals surface area contributed by atoms with Crippen LogP contribution in [0.5, 0.6) is 0 Å². The first-order valence-electron chi connectivity index (χ1n) is 4.07. The minimum Gasteiger partial charge on any atom is -0.397 e. The summed E-state index contributed by atoms with van der Waals surface area (Å²) in [6.07, 6.45) is 3.13. The third kappa shape index (κ3) is 3.16. The standard InChI is InChI=1S/C9H8ClFN4/c10-8-5-7(11)4-6(9(8)12)2-1-3-14-15-13/h1-2,4-5H,3,12H2. The molecule has 0 amide bonds. The predicted molar refractivity (Wildman–Crippen MR) is 58.9 cm³/mol. The smallest absolute Gasteiger partial charge is 0.125 e. The van der Waals surface area contributed by atoms with Gasteiger partial charge in [-0.15, -0.1) is 0 Å². The van der Waals surface area contributed by atoms with Crippen molar-refractivity contribution < 1.29 is 4.39 Å². The number of anilines is 1. The van der Waals surface area contributed by atoms with Gasteiger partial charge in [-0.25, -0.2) is 4.39 Å². The normalized spacial score (nSPS) is 10.3. The average molecular weight is 227 g/mol. The van der Waals surface area contributed by atoms with E-state index in [9.17, 15) is 4.39 Å². The molecule has 0 fully saturated rings. The monoisotopic (exact) mass is 226 g/mol. The number of benzene rings is 1. The molecule has 1 aromatic rings. The maximum Gasteiger partial charge on any atom is 0.125 e. The van der Waals surface area contributed by atoms with Gasteiger partial charge in [-0.3, -0.25) is 0 Å². The summed E-state index contributed by atoms with van der Waals surface area (Å²) in [5.74, 6) is -0.461.